The Morgan fingerprint density at radius 2 is 1.83 bits per heavy atom. The van der Waals surface area contributed by atoms with Crippen LogP contribution in [0.15, 0.2) is 59.6 Å². The highest BCUT2D eigenvalue weighted by Gasteiger charge is 2.22. The Labute approximate surface area is 179 Å². The summed E-state index contributed by atoms with van der Waals surface area (Å²) in [5.74, 6) is 2.27. The standard InChI is InChI=1S/C23H23N3O3S/c27-22(15-30-21-5-1-3-18-4-2-8-24-23(18)21)26-11-9-25(10-12-26)14-17-6-7-19-20(13-17)29-16-28-19/h1-8,13H,9-12,14-16H2. The monoisotopic (exact) mass is 421 g/mol. The van der Waals surface area contributed by atoms with E-state index in [0.29, 0.717) is 12.5 Å². The fourth-order valence-electron chi connectivity index (χ4n) is 3.88. The lowest BCUT2D eigenvalue weighted by molar-refractivity contribution is -0.130. The van der Waals surface area contributed by atoms with E-state index in [1.54, 1.807) is 18.0 Å². The van der Waals surface area contributed by atoms with Gasteiger partial charge in [0, 0.05) is 49.2 Å². The van der Waals surface area contributed by atoms with Crippen LogP contribution in [0.4, 0.5) is 0 Å². The number of hydrogen-bond donors (Lipinski definition) is 0. The van der Waals surface area contributed by atoms with Crippen LogP contribution in [-0.2, 0) is 11.3 Å². The van der Waals surface area contributed by atoms with E-state index in [1.165, 1.54) is 5.56 Å². The van der Waals surface area contributed by atoms with E-state index >= 15 is 0 Å². The first kappa shape index (κ1) is 19.2. The molecule has 1 aromatic heterocycles. The maximum absolute atomic E-state index is 12.7. The fourth-order valence-corrected chi connectivity index (χ4v) is 4.82. The largest absolute Gasteiger partial charge is 0.454 e. The van der Waals surface area contributed by atoms with Crippen molar-refractivity contribution in [2.45, 2.75) is 11.4 Å². The molecule has 2 aromatic carbocycles. The van der Waals surface area contributed by atoms with E-state index in [4.69, 9.17) is 9.47 Å². The van der Waals surface area contributed by atoms with E-state index in [9.17, 15) is 4.79 Å². The number of para-hydroxylation sites is 1. The topological polar surface area (TPSA) is 54.9 Å². The summed E-state index contributed by atoms with van der Waals surface area (Å²) in [7, 11) is 0. The summed E-state index contributed by atoms with van der Waals surface area (Å²) >= 11 is 1.57. The zero-order chi connectivity index (χ0) is 20.3. The van der Waals surface area contributed by atoms with E-state index in [1.807, 2.05) is 41.3 Å². The van der Waals surface area contributed by atoms with Gasteiger partial charge in [-0.25, -0.2) is 0 Å². The van der Waals surface area contributed by atoms with Crippen LogP contribution in [-0.4, -0.2) is 59.4 Å². The van der Waals surface area contributed by atoms with Gasteiger partial charge in [0.25, 0.3) is 0 Å². The smallest absolute Gasteiger partial charge is 0.233 e. The summed E-state index contributed by atoms with van der Waals surface area (Å²) in [6.45, 7) is 4.43. The molecule has 30 heavy (non-hydrogen) atoms. The average molecular weight is 422 g/mol. The summed E-state index contributed by atoms with van der Waals surface area (Å²) in [4.78, 5) is 22.6. The molecule has 0 unspecified atom stereocenters. The SMILES string of the molecule is O=C(CSc1cccc2cccnc12)N1CCN(Cc2ccc3c(c2)OCO3)CC1. The van der Waals surface area contributed by atoms with Crippen molar-refractivity contribution in [3.05, 3.63) is 60.3 Å². The van der Waals surface area contributed by atoms with Gasteiger partial charge in [0.2, 0.25) is 12.7 Å². The van der Waals surface area contributed by atoms with E-state index < -0.39 is 0 Å². The van der Waals surface area contributed by atoms with Crippen LogP contribution in [0.3, 0.4) is 0 Å². The Morgan fingerprint density at radius 1 is 1.00 bits per heavy atom. The van der Waals surface area contributed by atoms with Crippen molar-refractivity contribution in [1.29, 1.82) is 0 Å². The number of carbonyl (C=O) groups excluding carboxylic acids is 1. The predicted octanol–water partition coefficient (Wildman–Crippen LogP) is 3.40. The number of amides is 1. The molecular formula is C23H23N3O3S. The molecule has 1 fully saturated rings. The van der Waals surface area contributed by atoms with Gasteiger partial charge in [-0.05, 0) is 29.8 Å². The van der Waals surface area contributed by atoms with Crippen LogP contribution in [0, 0.1) is 0 Å². The number of rotatable bonds is 5. The van der Waals surface area contributed by atoms with Crippen LogP contribution in [0.5, 0.6) is 11.5 Å². The second kappa shape index (κ2) is 8.53. The third-order valence-corrected chi connectivity index (χ3v) is 6.55. The van der Waals surface area contributed by atoms with Gasteiger partial charge in [0.1, 0.15) is 0 Å². The van der Waals surface area contributed by atoms with Gasteiger partial charge in [-0.1, -0.05) is 24.3 Å². The molecule has 7 heteroatoms. The minimum atomic E-state index is 0.190. The Kier molecular flexibility index (Phi) is 5.46. The maximum Gasteiger partial charge on any atom is 0.233 e. The molecule has 154 valence electrons. The molecule has 1 amide bonds. The van der Waals surface area contributed by atoms with Gasteiger partial charge in [-0.15, -0.1) is 11.8 Å². The molecule has 2 aliphatic rings. The van der Waals surface area contributed by atoms with Crippen molar-refractivity contribution in [3.8, 4) is 11.5 Å². The minimum absolute atomic E-state index is 0.190. The average Bonchev–Trinajstić information content (AvgIpc) is 3.26. The molecule has 0 N–H and O–H groups in total. The lowest BCUT2D eigenvalue weighted by Crippen LogP contribution is -2.48. The van der Waals surface area contributed by atoms with Gasteiger partial charge in [-0.2, -0.15) is 0 Å². The van der Waals surface area contributed by atoms with E-state index in [-0.39, 0.29) is 5.91 Å². The quantitative estimate of drug-likeness (QED) is 0.589. The van der Waals surface area contributed by atoms with Gasteiger partial charge in [0.05, 0.1) is 11.3 Å². The number of thioether (sulfide) groups is 1. The van der Waals surface area contributed by atoms with E-state index in [0.717, 1.165) is 60.0 Å². The highest BCUT2D eigenvalue weighted by Crippen LogP contribution is 2.33. The number of pyridine rings is 1. The van der Waals surface area contributed by atoms with Gasteiger partial charge < -0.3 is 14.4 Å². The second-order valence-electron chi connectivity index (χ2n) is 7.46. The molecule has 2 aliphatic heterocycles. The van der Waals surface area contributed by atoms with Crippen molar-refractivity contribution >= 4 is 28.6 Å². The number of nitrogens with zero attached hydrogens (tertiary/aromatic N) is 3. The zero-order valence-corrected chi connectivity index (χ0v) is 17.4. The highest BCUT2D eigenvalue weighted by molar-refractivity contribution is 8.00. The Bertz CT molecular complexity index is 1060. The van der Waals surface area contributed by atoms with Crippen LogP contribution in [0.25, 0.3) is 10.9 Å². The summed E-state index contributed by atoms with van der Waals surface area (Å²) < 4.78 is 10.8. The van der Waals surface area contributed by atoms with Crippen LogP contribution in [0.1, 0.15) is 5.56 Å². The van der Waals surface area contributed by atoms with E-state index in [2.05, 4.69) is 22.0 Å². The minimum Gasteiger partial charge on any atom is -0.454 e. The van der Waals surface area contributed by atoms with Crippen LogP contribution < -0.4 is 9.47 Å². The normalized spacial score (nSPS) is 16.2. The Hall–Kier alpha value is -2.77. The van der Waals surface area contributed by atoms with Crippen LogP contribution >= 0.6 is 11.8 Å². The molecule has 0 bridgehead atoms. The molecule has 0 spiro atoms. The Balaban J connectivity index is 1.13. The predicted molar refractivity (Wildman–Crippen MR) is 117 cm³/mol. The first-order chi connectivity index (χ1) is 14.8. The van der Waals surface area contributed by atoms with Gasteiger partial charge in [-0.3, -0.25) is 14.7 Å². The Morgan fingerprint density at radius 3 is 2.73 bits per heavy atom. The van der Waals surface area contributed by atoms with Crippen molar-refractivity contribution in [2.75, 3.05) is 38.7 Å². The number of carbonyl (C=O) groups is 1. The molecule has 6 nitrogen and oxygen atoms in total. The summed E-state index contributed by atoms with van der Waals surface area (Å²) in [6, 6.07) is 16.2. The van der Waals surface area contributed by atoms with Crippen LogP contribution in [0.2, 0.25) is 0 Å². The van der Waals surface area contributed by atoms with Gasteiger partial charge in [0.15, 0.2) is 11.5 Å². The summed E-state index contributed by atoms with van der Waals surface area (Å²) in [5, 5.41) is 1.10. The third kappa shape index (κ3) is 4.08. The van der Waals surface area contributed by atoms with Crippen molar-refractivity contribution in [2.24, 2.45) is 0 Å². The molecule has 5 rings (SSSR count). The number of ether oxygens (including phenoxy) is 2. The highest BCUT2D eigenvalue weighted by atomic mass is 32.2. The van der Waals surface area contributed by atoms with Gasteiger partial charge >= 0.3 is 0 Å². The van der Waals surface area contributed by atoms with Crippen molar-refractivity contribution in [3.63, 3.8) is 0 Å². The molecule has 0 atom stereocenters. The number of fused-ring (bicyclic) bond motifs is 2. The first-order valence-electron chi connectivity index (χ1n) is 10.1. The molecule has 3 heterocycles. The molecule has 0 saturated carbocycles. The number of hydrogen-bond acceptors (Lipinski definition) is 6. The maximum atomic E-state index is 12.7. The molecule has 0 radical (unpaired) electrons. The zero-order valence-electron chi connectivity index (χ0n) is 16.6. The van der Waals surface area contributed by atoms with Crippen molar-refractivity contribution in [1.82, 2.24) is 14.8 Å². The second-order valence-corrected chi connectivity index (χ2v) is 8.48. The lowest BCUT2D eigenvalue weighted by atomic mass is 10.1. The fraction of sp³-hybridized carbons (Fsp3) is 0.304. The first-order valence-corrected chi connectivity index (χ1v) is 11.1. The van der Waals surface area contributed by atoms with Crippen molar-refractivity contribution < 1.29 is 14.3 Å². The number of benzene rings is 2. The lowest BCUT2D eigenvalue weighted by Gasteiger charge is -2.34. The third-order valence-electron chi connectivity index (χ3n) is 5.52. The summed E-state index contributed by atoms with van der Waals surface area (Å²) in [6.07, 6.45) is 1.80. The number of piperazine rings is 1. The molecular weight excluding hydrogens is 398 g/mol. The molecule has 1 saturated heterocycles. The molecule has 3 aromatic rings. The molecule has 0 aliphatic carbocycles. The number of aromatic nitrogens is 1. The summed E-state index contributed by atoms with van der Waals surface area (Å²) in [5.41, 5.74) is 2.17.